The van der Waals surface area contributed by atoms with Crippen LogP contribution in [0.2, 0.25) is 0 Å². The number of aromatic nitrogens is 2. The standard InChI is InChI=1S/C38H45N5O5/c1-4-6-19-41(20-7-5-2)37(46)34-21-27(3)43(40-34)35-18-17-31(39-38(47)48-26-28-13-9-8-10-14-28)23-33(35)36(45)42-24-30-16-12-11-15-29(30)22-32(42)25-44/h8-18,21,23,32,44H,4-7,19-20,22,24-26H2,1-3H3,(H,39,47)/t32-/m0/s1. The smallest absolute Gasteiger partial charge is 0.411 e. The number of rotatable bonds is 13. The number of nitrogens with one attached hydrogen (secondary N) is 1. The number of hydrogen-bond donors (Lipinski definition) is 2. The molecule has 1 aromatic heterocycles. The predicted octanol–water partition coefficient (Wildman–Crippen LogP) is 6.53. The molecule has 0 saturated carbocycles. The first kappa shape index (κ1) is 34.4. The lowest BCUT2D eigenvalue weighted by molar-refractivity contribution is 0.0544. The van der Waals surface area contributed by atoms with E-state index in [2.05, 4.69) is 19.2 Å². The van der Waals surface area contributed by atoms with E-state index in [4.69, 9.17) is 9.84 Å². The first-order chi connectivity index (χ1) is 23.3. The van der Waals surface area contributed by atoms with Crippen LogP contribution < -0.4 is 5.32 Å². The molecule has 3 aromatic carbocycles. The fourth-order valence-electron chi connectivity index (χ4n) is 5.99. The van der Waals surface area contributed by atoms with Crippen molar-refractivity contribution in [3.05, 3.63) is 113 Å². The highest BCUT2D eigenvalue weighted by molar-refractivity contribution is 6.00. The average molecular weight is 652 g/mol. The number of carbonyl (C=O) groups is 3. The van der Waals surface area contributed by atoms with Crippen LogP contribution >= 0.6 is 0 Å². The average Bonchev–Trinajstić information content (AvgIpc) is 3.51. The van der Waals surface area contributed by atoms with Gasteiger partial charge in [0.15, 0.2) is 5.69 Å². The largest absolute Gasteiger partial charge is 0.444 e. The predicted molar refractivity (Wildman–Crippen MR) is 185 cm³/mol. The molecule has 0 bridgehead atoms. The maximum Gasteiger partial charge on any atom is 0.411 e. The van der Waals surface area contributed by atoms with Crippen molar-refractivity contribution in [2.75, 3.05) is 25.0 Å². The van der Waals surface area contributed by atoms with Gasteiger partial charge >= 0.3 is 6.09 Å². The van der Waals surface area contributed by atoms with Crippen molar-refractivity contribution in [1.29, 1.82) is 0 Å². The van der Waals surface area contributed by atoms with Gasteiger partial charge in [-0.3, -0.25) is 14.9 Å². The van der Waals surface area contributed by atoms with E-state index >= 15 is 0 Å². The van der Waals surface area contributed by atoms with E-state index in [0.717, 1.165) is 42.4 Å². The van der Waals surface area contributed by atoms with Crippen molar-refractivity contribution in [2.24, 2.45) is 0 Å². The molecule has 1 aliphatic rings. The second kappa shape index (κ2) is 16.2. The molecule has 10 nitrogen and oxygen atoms in total. The van der Waals surface area contributed by atoms with Gasteiger partial charge in [0.05, 0.1) is 23.9 Å². The normalized spacial score (nSPS) is 13.9. The van der Waals surface area contributed by atoms with Gasteiger partial charge in [0.2, 0.25) is 0 Å². The lowest BCUT2D eigenvalue weighted by atomic mass is 9.93. The molecule has 5 rings (SSSR count). The lowest BCUT2D eigenvalue weighted by Gasteiger charge is -2.36. The first-order valence-corrected chi connectivity index (χ1v) is 16.8. The maximum absolute atomic E-state index is 14.5. The van der Waals surface area contributed by atoms with Crippen molar-refractivity contribution in [2.45, 2.75) is 72.1 Å². The van der Waals surface area contributed by atoms with Gasteiger partial charge in [-0.15, -0.1) is 0 Å². The Labute approximate surface area is 282 Å². The number of aliphatic hydroxyl groups excluding tert-OH is 1. The lowest BCUT2D eigenvalue weighted by Crippen LogP contribution is -2.46. The molecule has 48 heavy (non-hydrogen) atoms. The highest BCUT2D eigenvalue weighted by Gasteiger charge is 2.32. The summed E-state index contributed by atoms with van der Waals surface area (Å²) in [4.78, 5) is 44.4. The SMILES string of the molecule is CCCCN(CCCC)C(=O)c1cc(C)n(-c2ccc(NC(=O)OCc3ccccc3)cc2C(=O)N2Cc3ccccc3C[C@H]2CO)n1. The van der Waals surface area contributed by atoms with E-state index in [0.29, 0.717) is 48.8 Å². The van der Waals surface area contributed by atoms with Gasteiger partial charge in [0, 0.05) is 31.0 Å². The summed E-state index contributed by atoms with van der Waals surface area (Å²) in [5.41, 5.74) is 5.05. The number of ether oxygens (including phenoxy) is 1. The third-order valence-corrected chi connectivity index (χ3v) is 8.70. The highest BCUT2D eigenvalue weighted by atomic mass is 16.5. The molecule has 252 valence electrons. The molecule has 1 atom stereocenters. The van der Waals surface area contributed by atoms with E-state index in [1.54, 1.807) is 33.8 Å². The van der Waals surface area contributed by atoms with E-state index < -0.39 is 12.1 Å². The highest BCUT2D eigenvalue weighted by Crippen LogP contribution is 2.29. The summed E-state index contributed by atoms with van der Waals surface area (Å²) in [6, 6.07) is 23.6. The zero-order chi connectivity index (χ0) is 34.0. The summed E-state index contributed by atoms with van der Waals surface area (Å²) < 4.78 is 7.04. The molecule has 4 aromatic rings. The van der Waals surface area contributed by atoms with Crippen LogP contribution in [-0.2, 0) is 24.3 Å². The number of fused-ring (bicyclic) bond motifs is 1. The molecule has 10 heteroatoms. The molecule has 0 spiro atoms. The van der Waals surface area contributed by atoms with E-state index in [-0.39, 0.29) is 30.6 Å². The Balaban J connectivity index is 1.48. The summed E-state index contributed by atoms with van der Waals surface area (Å²) in [5, 5.41) is 17.8. The monoisotopic (exact) mass is 651 g/mol. The molecular weight excluding hydrogens is 606 g/mol. The quantitative estimate of drug-likeness (QED) is 0.170. The second-order valence-corrected chi connectivity index (χ2v) is 12.2. The van der Waals surface area contributed by atoms with Crippen molar-refractivity contribution in [3.63, 3.8) is 0 Å². The number of anilines is 1. The summed E-state index contributed by atoms with van der Waals surface area (Å²) in [6.45, 7) is 7.58. The third kappa shape index (κ3) is 8.12. The maximum atomic E-state index is 14.5. The number of aliphatic hydroxyl groups is 1. The summed E-state index contributed by atoms with van der Waals surface area (Å²) in [6.07, 6.45) is 3.62. The Morgan fingerprint density at radius 1 is 0.938 bits per heavy atom. The van der Waals surface area contributed by atoms with Crippen LogP contribution in [0.3, 0.4) is 0 Å². The van der Waals surface area contributed by atoms with Gasteiger partial charge in [-0.05, 0) is 67.1 Å². The number of amides is 3. The van der Waals surface area contributed by atoms with Crippen LogP contribution in [0.4, 0.5) is 10.5 Å². The van der Waals surface area contributed by atoms with Crippen molar-refractivity contribution >= 4 is 23.6 Å². The second-order valence-electron chi connectivity index (χ2n) is 12.2. The molecular formula is C38H45N5O5. The Kier molecular flexibility index (Phi) is 11.6. The number of carbonyl (C=O) groups excluding carboxylic acids is 3. The zero-order valence-electron chi connectivity index (χ0n) is 28.0. The van der Waals surface area contributed by atoms with Crippen molar-refractivity contribution in [1.82, 2.24) is 19.6 Å². The fourth-order valence-corrected chi connectivity index (χ4v) is 5.99. The van der Waals surface area contributed by atoms with E-state index in [1.165, 1.54) is 0 Å². The molecule has 2 N–H and O–H groups in total. The molecule has 0 fully saturated rings. The van der Waals surface area contributed by atoms with E-state index in [9.17, 15) is 19.5 Å². The van der Waals surface area contributed by atoms with Gasteiger partial charge in [-0.25, -0.2) is 9.48 Å². The van der Waals surface area contributed by atoms with E-state index in [1.807, 2.05) is 66.4 Å². The minimum atomic E-state index is -0.660. The third-order valence-electron chi connectivity index (χ3n) is 8.70. The van der Waals surface area contributed by atoms with Crippen molar-refractivity contribution < 1.29 is 24.2 Å². The molecule has 0 saturated heterocycles. The topological polar surface area (TPSA) is 117 Å². The van der Waals surface area contributed by atoms with Crippen LogP contribution in [0.25, 0.3) is 5.69 Å². The van der Waals surface area contributed by atoms with Gasteiger partial charge in [-0.2, -0.15) is 5.10 Å². The van der Waals surface area contributed by atoms with Crippen molar-refractivity contribution in [3.8, 4) is 5.69 Å². The first-order valence-electron chi connectivity index (χ1n) is 16.8. The number of hydrogen-bond acceptors (Lipinski definition) is 6. The van der Waals surface area contributed by atoms with Crippen LogP contribution in [0.5, 0.6) is 0 Å². The molecule has 0 radical (unpaired) electrons. The molecule has 1 aliphatic heterocycles. The fraction of sp³-hybridized carbons (Fsp3) is 0.368. The number of aryl methyl sites for hydroxylation is 1. The van der Waals surface area contributed by atoms with Crippen LogP contribution in [0.1, 0.15) is 82.8 Å². The summed E-state index contributed by atoms with van der Waals surface area (Å²) >= 11 is 0. The van der Waals surface area contributed by atoms with Gasteiger partial charge < -0.3 is 19.6 Å². The Hall–Kier alpha value is -4.96. The van der Waals surface area contributed by atoms with Crippen LogP contribution in [-0.4, -0.2) is 68.3 Å². The summed E-state index contributed by atoms with van der Waals surface area (Å²) in [5.74, 6) is -0.464. The molecule has 0 aliphatic carbocycles. The Morgan fingerprint density at radius 3 is 2.31 bits per heavy atom. The molecule has 2 heterocycles. The minimum Gasteiger partial charge on any atom is -0.444 e. The number of unbranched alkanes of at least 4 members (excludes halogenated alkanes) is 2. The molecule has 3 amide bonds. The number of benzene rings is 3. The molecule has 0 unspecified atom stereocenters. The Bertz CT molecular complexity index is 1710. The van der Waals surface area contributed by atoms with Gasteiger partial charge in [-0.1, -0.05) is 81.3 Å². The van der Waals surface area contributed by atoms with Crippen LogP contribution in [0.15, 0.2) is 78.9 Å². The number of nitrogens with zero attached hydrogens (tertiary/aromatic N) is 4. The zero-order valence-corrected chi connectivity index (χ0v) is 28.0. The minimum absolute atomic E-state index is 0.0960. The Morgan fingerprint density at radius 2 is 1.62 bits per heavy atom. The van der Waals surface area contributed by atoms with Crippen LogP contribution in [0, 0.1) is 6.92 Å². The van der Waals surface area contributed by atoms with Gasteiger partial charge in [0.1, 0.15) is 6.61 Å². The van der Waals surface area contributed by atoms with Gasteiger partial charge in [0.25, 0.3) is 11.8 Å². The summed E-state index contributed by atoms with van der Waals surface area (Å²) in [7, 11) is 0.